The van der Waals surface area contributed by atoms with Crippen molar-refractivity contribution in [2.75, 3.05) is 12.9 Å². The minimum absolute atomic E-state index is 0.0747. The van der Waals surface area contributed by atoms with E-state index in [0.717, 1.165) is 22.9 Å². The average Bonchev–Trinajstić information content (AvgIpc) is 2.51. The zero-order valence-electron chi connectivity index (χ0n) is 14.9. The molecule has 5 nitrogen and oxygen atoms in total. The number of rotatable bonds is 6. The number of hydrogen-bond donors (Lipinski definition) is 1. The van der Waals surface area contributed by atoms with Crippen LogP contribution in [-0.4, -0.2) is 27.2 Å². The van der Waals surface area contributed by atoms with E-state index in [2.05, 4.69) is 5.32 Å². The highest BCUT2D eigenvalue weighted by Gasteiger charge is 2.12. The highest BCUT2D eigenvalue weighted by atomic mass is 32.2. The van der Waals surface area contributed by atoms with Crippen LogP contribution in [0.1, 0.15) is 29.7 Å². The molecule has 2 rings (SSSR count). The van der Waals surface area contributed by atoms with Crippen LogP contribution in [0.3, 0.4) is 0 Å². The Hall–Kier alpha value is -2.34. The standard InChI is InChI=1S/C19H23NO4S/c1-13-9-14(2)11-17(10-13)24-12-19(21)20-15(3)16-5-7-18(8-6-16)25(4,22)23/h5-11,15H,12H2,1-4H3,(H,20,21)/t15-/m1/s1. The van der Waals surface area contributed by atoms with E-state index in [9.17, 15) is 13.2 Å². The van der Waals surface area contributed by atoms with Gasteiger partial charge in [0.15, 0.2) is 16.4 Å². The van der Waals surface area contributed by atoms with Gasteiger partial charge in [-0.2, -0.15) is 0 Å². The Bertz CT molecular complexity index is 837. The van der Waals surface area contributed by atoms with Gasteiger partial charge in [0, 0.05) is 6.26 Å². The number of nitrogens with one attached hydrogen (secondary N) is 1. The molecule has 0 fully saturated rings. The number of benzene rings is 2. The summed E-state index contributed by atoms with van der Waals surface area (Å²) in [5.74, 6) is 0.427. The van der Waals surface area contributed by atoms with E-state index in [-0.39, 0.29) is 23.5 Å². The van der Waals surface area contributed by atoms with Gasteiger partial charge in [-0.3, -0.25) is 4.79 Å². The van der Waals surface area contributed by atoms with Gasteiger partial charge in [0.25, 0.3) is 5.91 Å². The van der Waals surface area contributed by atoms with Crippen LogP contribution >= 0.6 is 0 Å². The minimum Gasteiger partial charge on any atom is -0.484 e. The first-order valence-corrected chi connectivity index (χ1v) is 9.85. The van der Waals surface area contributed by atoms with E-state index in [4.69, 9.17) is 4.74 Å². The summed E-state index contributed by atoms with van der Waals surface area (Å²) in [7, 11) is -3.22. The summed E-state index contributed by atoms with van der Waals surface area (Å²) in [6.07, 6.45) is 1.16. The largest absolute Gasteiger partial charge is 0.484 e. The molecule has 0 saturated carbocycles. The number of hydrogen-bond acceptors (Lipinski definition) is 4. The molecule has 0 spiro atoms. The van der Waals surface area contributed by atoms with Crippen LogP contribution in [0.5, 0.6) is 5.75 Å². The van der Waals surface area contributed by atoms with E-state index in [1.54, 1.807) is 24.3 Å². The van der Waals surface area contributed by atoms with Crippen molar-refractivity contribution in [3.63, 3.8) is 0 Å². The second-order valence-corrected chi connectivity index (χ2v) is 8.26. The summed E-state index contributed by atoms with van der Waals surface area (Å²) in [5.41, 5.74) is 2.98. The van der Waals surface area contributed by atoms with Crippen molar-refractivity contribution in [2.45, 2.75) is 31.7 Å². The Balaban J connectivity index is 1.93. The lowest BCUT2D eigenvalue weighted by Gasteiger charge is -2.15. The van der Waals surface area contributed by atoms with E-state index in [1.807, 2.05) is 39.0 Å². The molecule has 25 heavy (non-hydrogen) atoms. The fourth-order valence-corrected chi connectivity index (χ4v) is 3.17. The first-order chi connectivity index (χ1) is 11.6. The van der Waals surface area contributed by atoms with Crippen LogP contribution in [0.15, 0.2) is 47.4 Å². The Morgan fingerprint density at radius 2 is 1.64 bits per heavy atom. The molecule has 0 unspecified atom stereocenters. The molecule has 0 aromatic heterocycles. The Kier molecular flexibility index (Phi) is 5.85. The van der Waals surface area contributed by atoms with E-state index in [0.29, 0.717) is 5.75 Å². The van der Waals surface area contributed by atoms with Crippen LogP contribution in [0, 0.1) is 13.8 Å². The number of sulfone groups is 1. The van der Waals surface area contributed by atoms with Gasteiger partial charge < -0.3 is 10.1 Å². The highest BCUT2D eigenvalue weighted by Crippen LogP contribution is 2.17. The van der Waals surface area contributed by atoms with Crippen molar-refractivity contribution in [1.29, 1.82) is 0 Å². The third kappa shape index (κ3) is 5.60. The first-order valence-electron chi connectivity index (χ1n) is 7.95. The molecule has 0 heterocycles. The molecule has 6 heteroatoms. The molecular weight excluding hydrogens is 338 g/mol. The molecule has 0 saturated heterocycles. The Labute approximate surface area is 148 Å². The monoisotopic (exact) mass is 361 g/mol. The predicted molar refractivity (Wildman–Crippen MR) is 97.5 cm³/mol. The smallest absolute Gasteiger partial charge is 0.258 e. The highest BCUT2D eigenvalue weighted by molar-refractivity contribution is 7.90. The van der Waals surface area contributed by atoms with Gasteiger partial charge in [-0.15, -0.1) is 0 Å². The SMILES string of the molecule is Cc1cc(C)cc(OCC(=O)N[C@H](C)c2ccc(S(C)(=O)=O)cc2)c1. The molecule has 0 radical (unpaired) electrons. The van der Waals surface area contributed by atoms with Crippen LogP contribution < -0.4 is 10.1 Å². The molecule has 0 aliphatic rings. The minimum atomic E-state index is -3.22. The Morgan fingerprint density at radius 1 is 1.08 bits per heavy atom. The van der Waals surface area contributed by atoms with Crippen LogP contribution in [-0.2, 0) is 14.6 Å². The van der Waals surface area contributed by atoms with Gasteiger partial charge >= 0.3 is 0 Å². The molecule has 0 aliphatic carbocycles. The summed E-state index contributed by atoms with van der Waals surface area (Å²) in [6, 6.07) is 12.0. The number of carbonyl (C=O) groups excluding carboxylic acids is 1. The quantitative estimate of drug-likeness (QED) is 0.858. The number of aryl methyl sites for hydroxylation is 2. The normalized spacial score (nSPS) is 12.5. The van der Waals surface area contributed by atoms with Crippen molar-refractivity contribution in [3.8, 4) is 5.75 Å². The molecule has 1 N–H and O–H groups in total. The van der Waals surface area contributed by atoms with Crippen molar-refractivity contribution >= 4 is 15.7 Å². The predicted octanol–water partition coefficient (Wildman–Crippen LogP) is 2.96. The van der Waals surface area contributed by atoms with Crippen molar-refractivity contribution < 1.29 is 17.9 Å². The van der Waals surface area contributed by atoms with Gasteiger partial charge in [0.1, 0.15) is 5.75 Å². The maximum absolute atomic E-state index is 12.1. The van der Waals surface area contributed by atoms with E-state index >= 15 is 0 Å². The number of ether oxygens (including phenoxy) is 1. The van der Waals surface area contributed by atoms with E-state index in [1.165, 1.54) is 0 Å². The van der Waals surface area contributed by atoms with E-state index < -0.39 is 9.84 Å². The van der Waals surface area contributed by atoms with Crippen LogP contribution in [0.25, 0.3) is 0 Å². The lowest BCUT2D eigenvalue weighted by Crippen LogP contribution is -2.31. The zero-order valence-corrected chi connectivity index (χ0v) is 15.7. The second kappa shape index (κ2) is 7.70. The lowest BCUT2D eigenvalue weighted by molar-refractivity contribution is -0.123. The van der Waals surface area contributed by atoms with Gasteiger partial charge in [-0.05, 0) is 61.7 Å². The number of carbonyl (C=O) groups is 1. The zero-order chi connectivity index (χ0) is 18.6. The molecule has 2 aromatic rings. The van der Waals surface area contributed by atoms with Crippen molar-refractivity contribution in [2.24, 2.45) is 0 Å². The van der Waals surface area contributed by atoms with Gasteiger partial charge in [0.05, 0.1) is 10.9 Å². The fourth-order valence-electron chi connectivity index (χ4n) is 2.54. The Morgan fingerprint density at radius 3 is 2.16 bits per heavy atom. The molecular formula is C19H23NO4S. The molecule has 1 amide bonds. The first kappa shape index (κ1) is 19.0. The van der Waals surface area contributed by atoms with Crippen molar-refractivity contribution in [1.82, 2.24) is 5.32 Å². The van der Waals surface area contributed by atoms with Gasteiger partial charge in [0.2, 0.25) is 0 Å². The lowest BCUT2D eigenvalue weighted by atomic mass is 10.1. The summed E-state index contributed by atoms with van der Waals surface area (Å²) in [4.78, 5) is 12.3. The van der Waals surface area contributed by atoms with Gasteiger partial charge in [-0.25, -0.2) is 8.42 Å². The van der Waals surface area contributed by atoms with Crippen LogP contribution in [0.2, 0.25) is 0 Å². The van der Waals surface area contributed by atoms with Gasteiger partial charge in [-0.1, -0.05) is 18.2 Å². The molecule has 0 aliphatic heterocycles. The molecule has 0 bridgehead atoms. The average molecular weight is 361 g/mol. The third-order valence-electron chi connectivity index (χ3n) is 3.75. The fraction of sp³-hybridized carbons (Fsp3) is 0.316. The number of amides is 1. The van der Waals surface area contributed by atoms with Crippen LogP contribution in [0.4, 0.5) is 0 Å². The summed E-state index contributed by atoms with van der Waals surface area (Å²) < 4.78 is 28.5. The molecule has 1 atom stereocenters. The summed E-state index contributed by atoms with van der Waals surface area (Å²) in [5, 5.41) is 2.84. The maximum Gasteiger partial charge on any atom is 0.258 e. The summed E-state index contributed by atoms with van der Waals surface area (Å²) >= 11 is 0. The van der Waals surface area contributed by atoms with Crippen molar-refractivity contribution in [3.05, 3.63) is 59.2 Å². The molecule has 134 valence electrons. The maximum atomic E-state index is 12.1. The topological polar surface area (TPSA) is 72.5 Å². The molecule has 2 aromatic carbocycles. The second-order valence-electron chi connectivity index (χ2n) is 6.24. The summed E-state index contributed by atoms with van der Waals surface area (Å²) in [6.45, 7) is 5.71. The third-order valence-corrected chi connectivity index (χ3v) is 4.88.